The molecule has 0 radical (unpaired) electrons. The van der Waals surface area contributed by atoms with Crippen LogP contribution in [0.2, 0.25) is 0 Å². The molecule has 1 aromatic heterocycles. The third-order valence-corrected chi connectivity index (χ3v) is 9.73. The molecule has 16 heteroatoms. The summed E-state index contributed by atoms with van der Waals surface area (Å²) in [5, 5.41) is 5.34. The van der Waals surface area contributed by atoms with Gasteiger partial charge >= 0.3 is 0 Å². The van der Waals surface area contributed by atoms with E-state index in [9.17, 15) is 24.0 Å². The van der Waals surface area contributed by atoms with Crippen LogP contribution in [0.25, 0.3) is 11.0 Å². The number of imidazole rings is 1. The minimum atomic E-state index is -1.01. The van der Waals surface area contributed by atoms with Gasteiger partial charge in [0.25, 0.3) is 17.7 Å². The molecule has 0 aliphatic carbocycles. The van der Waals surface area contributed by atoms with Crippen LogP contribution >= 0.6 is 0 Å². The van der Waals surface area contributed by atoms with Gasteiger partial charge in [-0.2, -0.15) is 0 Å². The molecule has 278 valence electrons. The Hall–Kier alpha value is -4.74. The van der Waals surface area contributed by atoms with E-state index in [2.05, 4.69) is 27.4 Å². The third-order valence-electron chi connectivity index (χ3n) is 9.73. The number of likely N-dealkylation sites (tertiary alicyclic amines) is 1. The monoisotopic (exact) mass is 719 g/mol. The van der Waals surface area contributed by atoms with Crippen molar-refractivity contribution in [2.75, 3.05) is 77.8 Å². The maximum Gasteiger partial charge on any atom is 0.264 e. The highest BCUT2D eigenvalue weighted by atomic mass is 16.6. The lowest BCUT2D eigenvalue weighted by molar-refractivity contribution is -0.136. The van der Waals surface area contributed by atoms with Crippen LogP contribution in [-0.4, -0.2) is 128 Å². The molecule has 5 N–H and O–H groups in total. The fourth-order valence-corrected chi connectivity index (χ4v) is 6.99. The van der Waals surface area contributed by atoms with Crippen molar-refractivity contribution < 1.29 is 42.9 Å². The molecule has 2 fully saturated rings. The van der Waals surface area contributed by atoms with Crippen LogP contribution in [0.3, 0.4) is 0 Å². The molecule has 2 saturated heterocycles. The number of nitrogens with zero attached hydrogens (tertiary/aromatic N) is 3. The Labute approximate surface area is 300 Å². The molecule has 0 spiro atoms. The molecule has 16 nitrogen and oxygen atoms in total. The van der Waals surface area contributed by atoms with Gasteiger partial charge in [-0.25, -0.2) is 4.98 Å². The molecule has 2 unspecified atom stereocenters. The van der Waals surface area contributed by atoms with E-state index in [4.69, 9.17) is 29.7 Å². The minimum absolute atomic E-state index is 0.0644. The lowest BCUT2D eigenvalue weighted by Crippen LogP contribution is -2.54. The summed E-state index contributed by atoms with van der Waals surface area (Å²) in [6.45, 7) is 7.62. The van der Waals surface area contributed by atoms with E-state index in [1.54, 1.807) is 30.3 Å². The van der Waals surface area contributed by atoms with Gasteiger partial charge in [-0.15, -0.1) is 0 Å². The van der Waals surface area contributed by atoms with Gasteiger partial charge in [0.05, 0.1) is 80.6 Å². The van der Waals surface area contributed by atoms with Gasteiger partial charge < -0.3 is 35.0 Å². The Morgan fingerprint density at radius 3 is 2.35 bits per heavy atom. The molecule has 2 atom stereocenters. The first-order valence-electron chi connectivity index (χ1n) is 17.6. The Bertz CT molecular complexity index is 1810. The highest BCUT2D eigenvalue weighted by molar-refractivity contribution is 6.25. The largest absolute Gasteiger partial charge is 0.382 e. The Balaban J connectivity index is 0.803. The summed E-state index contributed by atoms with van der Waals surface area (Å²) >= 11 is 0. The van der Waals surface area contributed by atoms with Crippen molar-refractivity contribution in [3.63, 3.8) is 0 Å². The molecule has 4 heterocycles. The van der Waals surface area contributed by atoms with Crippen molar-refractivity contribution in [1.29, 1.82) is 0 Å². The average molecular weight is 720 g/mol. The Morgan fingerprint density at radius 2 is 1.63 bits per heavy atom. The zero-order valence-electron chi connectivity index (χ0n) is 29.2. The highest BCUT2D eigenvalue weighted by Gasteiger charge is 2.45. The number of ether oxygens (including phenoxy) is 4. The van der Waals surface area contributed by atoms with Crippen LogP contribution in [-0.2, 0) is 34.1 Å². The Morgan fingerprint density at radius 1 is 0.942 bits per heavy atom. The van der Waals surface area contributed by atoms with E-state index in [0.29, 0.717) is 76.2 Å². The van der Waals surface area contributed by atoms with Crippen molar-refractivity contribution in [3.8, 4) is 0 Å². The maximum atomic E-state index is 13.2. The highest BCUT2D eigenvalue weighted by Crippen LogP contribution is 2.38. The van der Waals surface area contributed by atoms with Gasteiger partial charge in [-0.05, 0) is 57.0 Å². The number of nitrogens with one attached hydrogen (secondary N) is 3. The van der Waals surface area contributed by atoms with Gasteiger partial charge in [0.2, 0.25) is 11.8 Å². The fraction of sp³-hybridized carbons (Fsp3) is 0.500. The lowest BCUT2D eigenvalue weighted by atomic mass is 9.98. The molecule has 0 saturated carbocycles. The first kappa shape index (κ1) is 37.0. The molecular formula is C36H45N7O9. The number of amides is 5. The second-order valence-corrected chi connectivity index (χ2v) is 13.1. The number of aromatic amines is 1. The standard InChI is InChI=1S/C36H45N7O9/c1-36(35-39-26-8-3-6-24(31(37)45)30(26)41-35)11-4-13-42(36)14-16-50-18-20-52-22-21-51-19-17-49-15-12-38-25-7-2-5-23-29(25)34(48)43(33(23)47)27-9-10-28(44)40-32(27)46/h2-3,5-8,27,38H,4,9-22H2,1H3,(H2,37,45)(H,39,41)(H,40,44,46). The number of rotatable bonds is 19. The lowest BCUT2D eigenvalue weighted by Gasteiger charge is -2.33. The van der Waals surface area contributed by atoms with Gasteiger partial charge in [0.1, 0.15) is 17.4 Å². The first-order valence-corrected chi connectivity index (χ1v) is 17.6. The van der Waals surface area contributed by atoms with E-state index in [-0.39, 0.29) is 29.5 Å². The van der Waals surface area contributed by atoms with Crippen molar-refractivity contribution in [3.05, 3.63) is 58.9 Å². The van der Waals surface area contributed by atoms with E-state index < -0.39 is 35.6 Å². The summed E-state index contributed by atoms with van der Waals surface area (Å²) < 4.78 is 22.7. The number of aromatic nitrogens is 2. The van der Waals surface area contributed by atoms with Crippen LogP contribution in [0.5, 0.6) is 0 Å². The number of imide groups is 2. The number of H-pyrrole nitrogens is 1. The number of fused-ring (bicyclic) bond motifs is 2. The molecule has 3 aliphatic rings. The quantitative estimate of drug-likeness (QED) is 0.103. The fourth-order valence-electron chi connectivity index (χ4n) is 6.99. The number of carbonyl (C=O) groups is 5. The summed E-state index contributed by atoms with van der Waals surface area (Å²) in [4.78, 5) is 73.4. The average Bonchev–Trinajstić information content (AvgIpc) is 3.81. The van der Waals surface area contributed by atoms with E-state index in [1.165, 1.54) is 0 Å². The SMILES string of the molecule is CC1(c2nc3c(C(N)=O)cccc3[nH]2)CCCN1CCOCCOCCOCCOCCNc1cccc2c1C(=O)N(C1CCC(=O)NC1=O)C2=O. The number of para-hydroxylation sites is 1. The zero-order valence-corrected chi connectivity index (χ0v) is 29.2. The van der Waals surface area contributed by atoms with Crippen LogP contribution < -0.4 is 16.4 Å². The Kier molecular flexibility index (Phi) is 11.9. The van der Waals surface area contributed by atoms with Gasteiger partial charge in [-0.1, -0.05) is 12.1 Å². The second kappa shape index (κ2) is 16.7. The van der Waals surface area contributed by atoms with Crippen molar-refractivity contribution in [1.82, 2.24) is 25.1 Å². The summed E-state index contributed by atoms with van der Waals surface area (Å²) in [5.41, 5.74) is 7.98. The van der Waals surface area contributed by atoms with Gasteiger partial charge in [0, 0.05) is 25.2 Å². The van der Waals surface area contributed by atoms with Crippen LogP contribution in [0.4, 0.5) is 5.69 Å². The number of primary amides is 1. The summed E-state index contributed by atoms with van der Waals surface area (Å²) in [7, 11) is 0. The van der Waals surface area contributed by atoms with Gasteiger partial charge in [-0.3, -0.25) is 39.1 Å². The molecule has 5 amide bonds. The number of piperidine rings is 1. The first-order chi connectivity index (χ1) is 25.2. The number of anilines is 1. The predicted octanol–water partition coefficient (Wildman–Crippen LogP) is 1.55. The molecule has 2 aromatic carbocycles. The van der Waals surface area contributed by atoms with Gasteiger partial charge in [0.15, 0.2) is 0 Å². The summed E-state index contributed by atoms with van der Waals surface area (Å²) in [6, 6.07) is 9.31. The molecule has 3 aromatic rings. The van der Waals surface area contributed by atoms with Crippen LogP contribution in [0.15, 0.2) is 36.4 Å². The maximum absolute atomic E-state index is 13.2. The number of nitrogens with two attached hydrogens (primary N) is 1. The molecule has 6 rings (SSSR count). The smallest absolute Gasteiger partial charge is 0.264 e. The van der Waals surface area contributed by atoms with Crippen molar-refractivity contribution in [2.24, 2.45) is 5.73 Å². The van der Waals surface area contributed by atoms with Crippen molar-refractivity contribution in [2.45, 2.75) is 44.2 Å². The predicted molar refractivity (Wildman–Crippen MR) is 188 cm³/mol. The van der Waals surface area contributed by atoms with Crippen LogP contribution in [0.1, 0.15) is 69.5 Å². The van der Waals surface area contributed by atoms with Crippen molar-refractivity contribution >= 4 is 46.3 Å². The molecule has 52 heavy (non-hydrogen) atoms. The number of hydrogen-bond donors (Lipinski definition) is 4. The molecular weight excluding hydrogens is 674 g/mol. The number of hydrogen-bond acceptors (Lipinski definition) is 12. The molecule has 0 bridgehead atoms. The second-order valence-electron chi connectivity index (χ2n) is 13.1. The number of carbonyl (C=O) groups excluding carboxylic acids is 5. The summed E-state index contributed by atoms with van der Waals surface area (Å²) in [6.07, 6.45) is 2.15. The van der Waals surface area contributed by atoms with E-state index in [1.807, 2.05) is 6.07 Å². The molecule has 3 aliphatic heterocycles. The summed E-state index contributed by atoms with van der Waals surface area (Å²) in [5.74, 6) is -1.84. The zero-order chi connectivity index (χ0) is 36.7. The van der Waals surface area contributed by atoms with Crippen LogP contribution in [0, 0.1) is 0 Å². The van der Waals surface area contributed by atoms with E-state index in [0.717, 1.165) is 42.2 Å². The van der Waals surface area contributed by atoms with E-state index >= 15 is 0 Å². The third kappa shape index (κ3) is 8.00. The minimum Gasteiger partial charge on any atom is -0.382 e. The topological polar surface area (TPSA) is 208 Å². The normalized spacial score (nSPS) is 20.6. The number of benzene rings is 2.